The Morgan fingerprint density at radius 3 is 2.58 bits per heavy atom. The van der Waals surface area contributed by atoms with Crippen molar-refractivity contribution >= 4 is 17.2 Å². The molecule has 0 aliphatic heterocycles. The number of anilines is 1. The average molecular weight is 526 g/mol. The number of carbonyl (C=O) groups excluding carboxylic acids is 1. The second-order valence-corrected chi connectivity index (χ2v) is 9.16. The van der Waals surface area contributed by atoms with E-state index in [9.17, 15) is 22.4 Å². The van der Waals surface area contributed by atoms with E-state index in [4.69, 9.17) is 0 Å². The van der Waals surface area contributed by atoms with Crippen molar-refractivity contribution < 1.29 is 22.4 Å². The Balaban J connectivity index is 1.40. The number of hydrogen-bond donors (Lipinski definition) is 1. The van der Waals surface area contributed by atoms with Crippen LogP contribution in [0.3, 0.4) is 0 Å². The molecule has 0 saturated heterocycles. The van der Waals surface area contributed by atoms with Crippen LogP contribution < -0.4 is 5.32 Å². The van der Waals surface area contributed by atoms with Crippen molar-refractivity contribution in [3.8, 4) is 5.82 Å². The summed E-state index contributed by atoms with van der Waals surface area (Å²) in [6.45, 7) is 1.86. The largest absolute Gasteiger partial charge is 0.420 e. The first-order valence-corrected chi connectivity index (χ1v) is 11.3. The molecule has 194 valence electrons. The standard InChI is InChI=1S/C23H18F4N10O/c1-22(16-3-6-35(2)33-16)9-13(14-11-28-18-8-17(24)34-36(18)19(14)22)21(38)32-12-7-15(23(25,26)27)20(29-10-12)37-30-4-5-31-37/h3-8,10-11,13H,9H2,1-2H3,(H,32,38)/t13-,22+/m0/s1. The number of nitrogens with one attached hydrogen (secondary N) is 1. The maximum Gasteiger partial charge on any atom is 0.420 e. The van der Waals surface area contributed by atoms with Crippen LogP contribution in [0.5, 0.6) is 0 Å². The number of rotatable bonds is 4. The third-order valence-electron chi connectivity index (χ3n) is 6.64. The maximum absolute atomic E-state index is 14.1. The molecule has 0 unspecified atom stereocenters. The summed E-state index contributed by atoms with van der Waals surface area (Å²) in [6.07, 6.45) is 2.18. The first-order chi connectivity index (χ1) is 18.0. The van der Waals surface area contributed by atoms with Gasteiger partial charge in [0, 0.05) is 31.1 Å². The van der Waals surface area contributed by atoms with Gasteiger partial charge in [0.05, 0.1) is 47.0 Å². The van der Waals surface area contributed by atoms with Crippen LogP contribution in [0.2, 0.25) is 0 Å². The van der Waals surface area contributed by atoms with E-state index in [1.807, 2.05) is 6.92 Å². The van der Waals surface area contributed by atoms with Gasteiger partial charge in [-0.3, -0.25) is 9.48 Å². The lowest BCUT2D eigenvalue weighted by Crippen LogP contribution is -2.26. The Hall–Kier alpha value is -4.69. The molecule has 0 bridgehead atoms. The zero-order valence-electron chi connectivity index (χ0n) is 19.8. The summed E-state index contributed by atoms with van der Waals surface area (Å²) in [5.41, 5.74) is -0.281. The molecule has 11 nitrogen and oxygen atoms in total. The molecular formula is C23H18F4N10O. The highest BCUT2D eigenvalue weighted by Crippen LogP contribution is 2.49. The highest BCUT2D eigenvalue weighted by atomic mass is 19.4. The minimum Gasteiger partial charge on any atom is -0.324 e. The van der Waals surface area contributed by atoms with Gasteiger partial charge in [-0.15, -0.1) is 9.90 Å². The lowest BCUT2D eigenvalue weighted by atomic mass is 9.82. The fraction of sp³-hybridized carbons (Fsp3) is 0.261. The van der Waals surface area contributed by atoms with Crippen LogP contribution >= 0.6 is 0 Å². The quantitative estimate of drug-likeness (QED) is 0.358. The number of amides is 1. The number of pyridine rings is 1. The van der Waals surface area contributed by atoms with Crippen LogP contribution in [0.25, 0.3) is 11.5 Å². The van der Waals surface area contributed by atoms with Crippen molar-refractivity contribution in [1.82, 2.24) is 44.4 Å². The summed E-state index contributed by atoms with van der Waals surface area (Å²) in [7, 11) is 1.75. The maximum atomic E-state index is 14.1. The summed E-state index contributed by atoms with van der Waals surface area (Å²) >= 11 is 0. The van der Waals surface area contributed by atoms with Crippen LogP contribution in [0.1, 0.15) is 41.8 Å². The summed E-state index contributed by atoms with van der Waals surface area (Å²) in [5, 5.41) is 18.4. The summed E-state index contributed by atoms with van der Waals surface area (Å²) < 4.78 is 58.5. The van der Waals surface area contributed by atoms with Gasteiger partial charge in [0.2, 0.25) is 11.9 Å². The second kappa shape index (κ2) is 8.16. The van der Waals surface area contributed by atoms with Crippen molar-refractivity contribution in [2.75, 3.05) is 5.32 Å². The van der Waals surface area contributed by atoms with Crippen LogP contribution in [0, 0.1) is 5.95 Å². The highest BCUT2D eigenvalue weighted by Gasteiger charge is 2.48. The molecule has 2 atom stereocenters. The van der Waals surface area contributed by atoms with Crippen molar-refractivity contribution in [3.63, 3.8) is 0 Å². The molecule has 0 spiro atoms. The van der Waals surface area contributed by atoms with Gasteiger partial charge in [-0.2, -0.15) is 32.9 Å². The zero-order valence-corrected chi connectivity index (χ0v) is 19.8. The lowest BCUT2D eigenvalue weighted by Gasteiger charge is -2.23. The van der Waals surface area contributed by atoms with Gasteiger partial charge in [-0.25, -0.2) is 14.5 Å². The number of aryl methyl sites for hydroxylation is 1. The van der Waals surface area contributed by atoms with Crippen LogP contribution in [0.15, 0.2) is 49.2 Å². The molecule has 0 aromatic carbocycles. The Morgan fingerprint density at radius 1 is 1.13 bits per heavy atom. The van der Waals surface area contributed by atoms with Crippen molar-refractivity contribution in [3.05, 3.63) is 77.6 Å². The predicted molar refractivity (Wildman–Crippen MR) is 123 cm³/mol. The van der Waals surface area contributed by atoms with Crippen molar-refractivity contribution in [2.45, 2.75) is 30.9 Å². The lowest BCUT2D eigenvalue weighted by molar-refractivity contribution is -0.137. The predicted octanol–water partition coefficient (Wildman–Crippen LogP) is 3.03. The van der Waals surface area contributed by atoms with E-state index < -0.39 is 40.7 Å². The topological polar surface area (TPSA) is 121 Å². The third-order valence-corrected chi connectivity index (χ3v) is 6.64. The molecule has 5 aromatic rings. The van der Waals surface area contributed by atoms with Gasteiger partial charge in [0.25, 0.3) is 0 Å². The summed E-state index contributed by atoms with van der Waals surface area (Å²) in [5.74, 6) is -2.69. The van der Waals surface area contributed by atoms with E-state index in [2.05, 4.69) is 35.7 Å². The number of nitrogens with zero attached hydrogens (tertiary/aromatic N) is 9. The van der Waals surface area contributed by atoms with E-state index in [0.717, 1.165) is 17.1 Å². The highest BCUT2D eigenvalue weighted by molar-refractivity contribution is 5.97. The van der Waals surface area contributed by atoms with Gasteiger partial charge < -0.3 is 5.32 Å². The first kappa shape index (κ1) is 23.7. The SMILES string of the molecule is Cn1ccc([C@@]2(C)C[C@H](C(=O)Nc3cnc(-n4nccn4)c(C(F)(F)F)c3)c3cnc4cc(F)nn4c32)n1. The van der Waals surface area contributed by atoms with Crippen LogP contribution in [-0.4, -0.2) is 50.3 Å². The molecule has 38 heavy (non-hydrogen) atoms. The molecule has 0 saturated carbocycles. The molecular weight excluding hydrogens is 508 g/mol. The Kier molecular flexibility index (Phi) is 5.09. The van der Waals surface area contributed by atoms with Gasteiger partial charge in [-0.1, -0.05) is 0 Å². The van der Waals surface area contributed by atoms with E-state index in [-0.39, 0.29) is 17.8 Å². The van der Waals surface area contributed by atoms with Crippen molar-refractivity contribution in [1.29, 1.82) is 0 Å². The molecule has 5 heterocycles. The monoisotopic (exact) mass is 526 g/mol. The molecule has 0 fully saturated rings. The average Bonchev–Trinajstić information content (AvgIpc) is 3.64. The van der Waals surface area contributed by atoms with Gasteiger partial charge in [0.15, 0.2) is 11.5 Å². The molecule has 1 N–H and O–H groups in total. The first-order valence-electron chi connectivity index (χ1n) is 11.3. The number of alkyl halides is 3. The number of aromatic nitrogens is 9. The summed E-state index contributed by atoms with van der Waals surface area (Å²) in [6, 6.07) is 3.74. The summed E-state index contributed by atoms with van der Waals surface area (Å²) in [4.78, 5) is 22.4. The minimum absolute atomic E-state index is 0.162. The molecule has 0 radical (unpaired) electrons. The van der Waals surface area contributed by atoms with Crippen molar-refractivity contribution in [2.24, 2.45) is 7.05 Å². The number of fused-ring (bicyclic) bond motifs is 3. The van der Waals surface area contributed by atoms with E-state index in [1.165, 1.54) is 29.2 Å². The molecule has 15 heteroatoms. The zero-order chi connectivity index (χ0) is 26.8. The normalized spacial score (nSPS) is 19.2. The molecule has 1 aliphatic carbocycles. The number of hydrogen-bond acceptors (Lipinski definition) is 7. The van der Waals surface area contributed by atoms with Gasteiger partial charge in [-0.05, 0) is 25.5 Å². The number of halogens is 4. The fourth-order valence-electron chi connectivity index (χ4n) is 4.96. The number of carbonyl (C=O) groups is 1. The third kappa shape index (κ3) is 3.69. The Bertz CT molecular complexity index is 1690. The van der Waals surface area contributed by atoms with E-state index in [1.54, 1.807) is 24.0 Å². The Labute approximate surface area is 211 Å². The van der Waals surface area contributed by atoms with Gasteiger partial charge >= 0.3 is 6.18 Å². The fourth-order valence-corrected chi connectivity index (χ4v) is 4.96. The Morgan fingerprint density at radius 2 is 1.89 bits per heavy atom. The second-order valence-electron chi connectivity index (χ2n) is 9.16. The molecule has 6 rings (SSSR count). The van der Waals surface area contributed by atoms with E-state index in [0.29, 0.717) is 17.0 Å². The van der Waals surface area contributed by atoms with E-state index >= 15 is 0 Å². The molecule has 1 amide bonds. The molecule has 5 aromatic heterocycles. The minimum atomic E-state index is -4.78. The smallest absolute Gasteiger partial charge is 0.324 e. The van der Waals surface area contributed by atoms with Crippen LogP contribution in [0.4, 0.5) is 23.2 Å². The van der Waals surface area contributed by atoms with Crippen LogP contribution in [-0.2, 0) is 23.4 Å². The van der Waals surface area contributed by atoms with Gasteiger partial charge in [0.1, 0.15) is 5.56 Å². The molecule has 1 aliphatic rings.